The molecule has 5 rings (SSSR count). The van der Waals surface area contributed by atoms with Gasteiger partial charge in [-0.15, -0.1) is 0 Å². The summed E-state index contributed by atoms with van der Waals surface area (Å²) in [6.45, 7) is 0.418. The Balaban J connectivity index is 1.16. The van der Waals surface area contributed by atoms with Crippen molar-refractivity contribution in [3.05, 3.63) is 59.7 Å². The standard InChI is InChI=1S/C27H30N2O5/c30-24(31)21-11-5-6-12-23(21)29-25(32)27(13-14-27)16-28-26(33)34-15-22-19-9-3-1-7-17(19)18-8-2-4-10-20(18)22/h1-4,7-10,21-23H,5-6,11-16H2,(H,28,33)(H,29,32)(H,30,31)/t21-,23+/m1/s1. The lowest BCUT2D eigenvalue weighted by atomic mass is 9.84. The minimum absolute atomic E-state index is 0.0180. The zero-order valence-corrected chi connectivity index (χ0v) is 19.1. The van der Waals surface area contributed by atoms with Crippen LogP contribution in [0.15, 0.2) is 48.5 Å². The van der Waals surface area contributed by atoms with E-state index in [0.29, 0.717) is 25.7 Å². The molecule has 7 nitrogen and oxygen atoms in total. The van der Waals surface area contributed by atoms with E-state index in [1.54, 1.807) is 0 Å². The molecule has 0 aliphatic heterocycles. The fourth-order valence-corrected chi connectivity index (χ4v) is 5.45. The van der Waals surface area contributed by atoms with Crippen molar-refractivity contribution in [3.8, 4) is 11.1 Å². The molecule has 0 radical (unpaired) electrons. The van der Waals surface area contributed by atoms with E-state index in [-0.39, 0.29) is 31.0 Å². The summed E-state index contributed by atoms with van der Waals surface area (Å²) < 4.78 is 5.58. The van der Waals surface area contributed by atoms with Crippen molar-refractivity contribution < 1.29 is 24.2 Å². The molecule has 2 atom stereocenters. The Labute approximate surface area is 198 Å². The van der Waals surface area contributed by atoms with Gasteiger partial charge in [-0.2, -0.15) is 0 Å². The van der Waals surface area contributed by atoms with Crippen molar-refractivity contribution >= 4 is 18.0 Å². The summed E-state index contributed by atoms with van der Waals surface area (Å²) in [5.41, 5.74) is 3.97. The second-order valence-corrected chi connectivity index (χ2v) is 9.77. The van der Waals surface area contributed by atoms with Gasteiger partial charge in [0.25, 0.3) is 0 Å². The third kappa shape index (κ3) is 4.27. The van der Waals surface area contributed by atoms with Gasteiger partial charge in [-0.25, -0.2) is 4.79 Å². The Hall–Kier alpha value is -3.35. The molecular formula is C27H30N2O5. The van der Waals surface area contributed by atoms with Gasteiger partial charge in [-0.3, -0.25) is 9.59 Å². The Morgan fingerprint density at radius 3 is 2.18 bits per heavy atom. The predicted octanol–water partition coefficient (Wildman–Crippen LogP) is 4.06. The Morgan fingerprint density at radius 1 is 0.941 bits per heavy atom. The fraction of sp³-hybridized carbons (Fsp3) is 0.444. The number of aliphatic carboxylic acids is 1. The highest BCUT2D eigenvalue weighted by molar-refractivity contribution is 5.87. The molecular weight excluding hydrogens is 432 g/mol. The summed E-state index contributed by atoms with van der Waals surface area (Å²) in [4.78, 5) is 37.0. The highest BCUT2D eigenvalue weighted by Crippen LogP contribution is 2.46. The second kappa shape index (κ2) is 9.12. The lowest BCUT2D eigenvalue weighted by molar-refractivity contribution is -0.144. The van der Waals surface area contributed by atoms with Crippen LogP contribution in [0.25, 0.3) is 11.1 Å². The van der Waals surface area contributed by atoms with E-state index in [9.17, 15) is 19.5 Å². The third-order valence-corrected chi connectivity index (χ3v) is 7.65. The van der Waals surface area contributed by atoms with Crippen molar-refractivity contribution in [2.24, 2.45) is 11.3 Å². The van der Waals surface area contributed by atoms with Gasteiger partial charge in [0.1, 0.15) is 6.61 Å². The van der Waals surface area contributed by atoms with E-state index >= 15 is 0 Å². The molecule has 3 N–H and O–H groups in total. The summed E-state index contributed by atoms with van der Waals surface area (Å²) in [5, 5.41) is 15.2. The number of fused-ring (bicyclic) bond motifs is 3. The predicted molar refractivity (Wildman–Crippen MR) is 126 cm³/mol. The number of carboxylic acid groups (broad SMARTS) is 1. The normalized spacial score (nSPS) is 22.2. The van der Waals surface area contributed by atoms with E-state index in [1.807, 2.05) is 24.3 Å². The number of carbonyl (C=O) groups excluding carboxylic acids is 2. The molecule has 3 aliphatic rings. The van der Waals surface area contributed by atoms with Crippen molar-refractivity contribution in [2.45, 2.75) is 50.5 Å². The van der Waals surface area contributed by atoms with Crippen LogP contribution in [0.5, 0.6) is 0 Å². The quantitative estimate of drug-likeness (QED) is 0.576. The molecule has 34 heavy (non-hydrogen) atoms. The maximum atomic E-state index is 12.9. The van der Waals surface area contributed by atoms with E-state index in [4.69, 9.17) is 4.74 Å². The van der Waals surface area contributed by atoms with Crippen molar-refractivity contribution in [3.63, 3.8) is 0 Å². The molecule has 2 amide bonds. The summed E-state index contributed by atoms with van der Waals surface area (Å²) in [7, 11) is 0. The zero-order chi connectivity index (χ0) is 23.7. The second-order valence-electron chi connectivity index (χ2n) is 9.77. The first-order valence-electron chi connectivity index (χ1n) is 12.1. The lowest BCUT2D eigenvalue weighted by Gasteiger charge is -2.30. The van der Waals surface area contributed by atoms with Crippen molar-refractivity contribution in [1.82, 2.24) is 10.6 Å². The van der Waals surface area contributed by atoms with E-state index in [2.05, 4.69) is 34.9 Å². The van der Waals surface area contributed by atoms with Gasteiger partial charge in [-0.05, 0) is 47.9 Å². The summed E-state index contributed by atoms with van der Waals surface area (Å²) in [5.74, 6) is -1.57. The molecule has 0 unspecified atom stereocenters. The minimum atomic E-state index is -0.855. The summed E-state index contributed by atoms with van der Waals surface area (Å²) in [6, 6.07) is 16.0. The van der Waals surface area contributed by atoms with Crippen LogP contribution < -0.4 is 10.6 Å². The van der Waals surface area contributed by atoms with Gasteiger partial charge in [0.05, 0.1) is 11.3 Å². The lowest BCUT2D eigenvalue weighted by Crippen LogP contribution is -2.49. The topological polar surface area (TPSA) is 105 Å². The first kappa shape index (κ1) is 22.4. The molecule has 3 aliphatic carbocycles. The van der Waals surface area contributed by atoms with Crippen LogP contribution in [-0.4, -0.2) is 42.3 Å². The number of benzene rings is 2. The maximum Gasteiger partial charge on any atom is 0.407 e. The molecule has 0 bridgehead atoms. The van der Waals surface area contributed by atoms with E-state index < -0.39 is 23.4 Å². The molecule has 2 aromatic carbocycles. The van der Waals surface area contributed by atoms with Crippen LogP contribution in [0, 0.1) is 11.3 Å². The first-order chi connectivity index (χ1) is 16.5. The Bertz CT molecular complexity index is 1060. The number of carboxylic acids is 1. The fourth-order valence-electron chi connectivity index (χ4n) is 5.45. The van der Waals surface area contributed by atoms with Crippen LogP contribution in [-0.2, 0) is 14.3 Å². The number of rotatable bonds is 7. The number of amides is 2. The molecule has 0 aromatic heterocycles. The van der Waals surface area contributed by atoms with Crippen LogP contribution in [0.1, 0.15) is 55.6 Å². The van der Waals surface area contributed by atoms with Gasteiger partial charge >= 0.3 is 12.1 Å². The maximum absolute atomic E-state index is 12.9. The number of hydrogen-bond donors (Lipinski definition) is 3. The molecule has 2 fully saturated rings. The van der Waals surface area contributed by atoms with Gasteiger partial charge < -0.3 is 20.5 Å². The van der Waals surface area contributed by atoms with Crippen LogP contribution in [0.2, 0.25) is 0 Å². The Kier molecular flexibility index (Phi) is 6.02. The number of ether oxygens (including phenoxy) is 1. The van der Waals surface area contributed by atoms with Gasteiger partial charge in [-0.1, -0.05) is 61.4 Å². The number of carbonyl (C=O) groups is 3. The summed E-state index contributed by atoms with van der Waals surface area (Å²) in [6.07, 6.45) is 3.86. The molecule has 7 heteroatoms. The zero-order valence-electron chi connectivity index (χ0n) is 19.1. The van der Waals surface area contributed by atoms with E-state index in [0.717, 1.165) is 24.0 Å². The molecule has 0 heterocycles. The number of hydrogen-bond acceptors (Lipinski definition) is 4. The van der Waals surface area contributed by atoms with Crippen LogP contribution >= 0.6 is 0 Å². The van der Waals surface area contributed by atoms with E-state index in [1.165, 1.54) is 11.1 Å². The monoisotopic (exact) mass is 462 g/mol. The van der Waals surface area contributed by atoms with Crippen molar-refractivity contribution in [1.29, 1.82) is 0 Å². The molecule has 2 saturated carbocycles. The van der Waals surface area contributed by atoms with Gasteiger partial charge in [0.2, 0.25) is 5.91 Å². The first-order valence-corrected chi connectivity index (χ1v) is 12.1. The van der Waals surface area contributed by atoms with Crippen LogP contribution in [0.4, 0.5) is 4.79 Å². The largest absolute Gasteiger partial charge is 0.481 e. The van der Waals surface area contributed by atoms with Crippen LogP contribution in [0.3, 0.4) is 0 Å². The SMILES string of the molecule is O=C(NCC1(C(=O)N[C@H]2CCCC[C@H]2C(=O)O)CC1)OCC1c2ccccc2-c2ccccc21. The van der Waals surface area contributed by atoms with Gasteiger partial charge in [0.15, 0.2) is 0 Å². The smallest absolute Gasteiger partial charge is 0.407 e. The highest BCUT2D eigenvalue weighted by Gasteiger charge is 2.51. The minimum Gasteiger partial charge on any atom is -0.481 e. The summed E-state index contributed by atoms with van der Waals surface area (Å²) >= 11 is 0. The van der Waals surface area contributed by atoms with Crippen molar-refractivity contribution in [2.75, 3.05) is 13.2 Å². The molecule has 0 spiro atoms. The average molecular weight is 463 g/mol. The molecule has 2 aromatic rings. The average Bonchev–Trinajstić information content (AvgIpc) is 3.58. The highest BCUT2D eigenvalue weighted by atomic mass is 16.5. The number of alkyl carbamates (subject to hydrolysis) is 1. The number of nitrogens with one attached hydrogen (secondary N) is 2. The molecule has 178 valence electrons. The Morgan fingerprint density at radius 2 is 1.56 bits per heavy atom. The molecule has 0 saturated heterocycles. The third-order valence-electron chi connectivity index (χ3n) is 7.65. The van der Waals surface area contributed by atoms with Gasteiger partial charge in [0, 0.05) is 18.5 Å².